The first-order valence-electron chi connectivity index (χ1n) is 10.6. The molecule has 30 heavy (non-hydrogen) atoms. The van der Waals surface area contributed by atoms with Gasteiger partial charge in [0.2, 0.25) is 0 Å². The van der Waals surface area contributed by atoms with Crippen LogP contribution in [0.1, 0.15) is 30.9 Å². The van der Waals surface area contributed by atoms with Gasteiger partial charge in [-0.1, -0.05) is 55.5 Å². The maximum Gasteiger partial charge on any atom is 0.277 e. The smallest absolute Gasteiger partial charge is 0.277 e. The highest BCUT2D eigenvalue weighted by atomic mass is 16.5. The van der Waals surface area contributed by atoms with Crippen LogP contribution >= 0.6 is 0 Å². The van der Waals surface area contributed by atoms with Crippen molar-refractivity contribution < 1.29 is 14.3 Å². The van der Waals surface area contributed by atoms with Gasteiger partial charge in [0, 0.05) is 25.2 Å². The Hall–Kier alpha value is -3.08. The molecular formula is C25H28N2O3. The first-order chi connectivity index (χ1) is 14.6. The molecule has 5 nitrogen and oxygen atoms in total. The van der Waals surface area contributed by atoms with Gasteiger partial charge in [-0.25, -0.2) is 0 Å². The molecule has 4 rings (SSSR count). The van der Waals surface area contributed by atoms with Gasteiger partial charge < -0.3 is 9.64 Å². The van der Waals surface area contributed by atoms with Gasteiger partial charge in [-0.15, -0.1) is 0 Å². The first-order valence-corrected chi connectivity index (χ1v) is 10.6. The van der Waals surface area contributed by atoms with Crippen molar-refractivity contribution in [3.05, 3.63) is 71.4 Å². The van der Waals surface area contributed by atoms with Crippen molar-refractivity contribution in [1.82, 2.24) is 9.80 Å². The van der Waals surface area contributed by atoms with Crippen LogP contribution in [-0.2, 0) is 16.0 Å². The lowest BCUT2D eigenvalue weighted by Crippen LogP contribution is -2.39. The second-order valence-electron chi connectivity index (χ2n) is 8.09. The van der Waals surface area contributed by atoms with Crippen LogP contribution in [0.5, 0.6) is 5.75 Å². The maximum absolute atomic E-state index is 13.5. The van der Waals surface area contributed by atoms with Crippen LogP contribution in [0, 0.1) is 5.92 Å². The summed E-state index contributed by atoms with van der Waals surface area (Å²) in [5, 5.41) is 0. The number of hydrogen-bond donors (Lipinski definition) is 0. The number of carbonyl (C=O) groups is 2. The van der Waals surface area contributed by atoms with E-state index in [1.165, 1.54) is 4.90 Å². The summed E-state index contributed by atoms with van der Waals surface area (Å²) >= 11 is 0. The zero-order chi connectivity index (χ0) is 21.1. The third-order valence-corrected chi connectivity index (χ3v) is 6.09. The van der Waals surface area contributed by atoms with Crippen molar-refractivity contribution in [2.24, 2.45) is 5.92 Å². The fourth-order valence-corrected chi connectivity index (χ4v) is 4.27. The van der Waals surface area contributed by atoms with Crippen molar-refractivity contribution >= 4 is 17.4 Å². The van der Waals surface area contributed by atoms with Crippen LogP contribution in [0.15, 0.2) is 60.3 Å². The van der Waals surface area contributed by atoms with E-state index in [2.05, 4.69) is 11.8 Å². The van der Waals surface area contributed by atoms with E-state index in [1.54, 1.807) is 7.11 Å². The summed E-state index contributed by atoms with van der Waals surface area (Å²) < 4.78 is 5.52. The number of hydrogen-bond acceptors (Lipinski definition) is 4. The Morgan fingerprint density at radius 3 is 2.30 bits per heavy atom. The number of carbonyl (C=O) groups excluding carboxylic acids is 2. The Labute approximate surface area is 177 Å². The summed E-state index contributed by atoms with van der Waals surface area (Å²) in [7, 11) is 1.59. The largest absolute Gasteiger partial charge is 0.496 e. The number of benzene rings is 2. The topological polar surface area (TPSA) is 49.9 Å². The zero-order valence-corrected chi connectivity index (χ0v) is 17.6. The predicted molar refractivity (Wildman–Crippen MR) is 117 cm³/mol. The number of amides is 2. The number of rotatable bonds is 6. The van der Waals surface area contributed by atoms with E-state index >= 15 is 0 Å². The monoisotopic (exact) mass is 404 g/mol. The highest BCUT2D eigenvalue weighted by molar-refractivity contribution is 6.36. The molecule has 0 aromatic heterocycles. The molecule has 1 fully saturated rings. The molecule has 0 atom stereocenters. The number of imide groups is 1. The molecule has 0 bridgehead atoms. The van der Waals surface area contributed by atoms with Crippen LogP contribution < -0.4 is 4.74 Å². The van der Waals surface area contributed by atoms with Crippen molar-refractivity contribution in [2.75, 3.05) is 26.7 Å². The van der Waals surface area contributed by atoms with Crippen LogP contribution in [-0.4, -0.2) is 48.4 Å². The van der Waals surface area contributed by atoms with Gasteiger partial charge in [0.25, 0.3) is 11.8 Å². The molecule has 2 aromatic carbocycles. The average Bonchev–Trinajstić information content (AvgIpc) is 3.03. The van der Waals surface area contributed by atoms with E-state index in [9.17, 15) is 9.59 Å². The number of piperidine rings is 1. The van der Waals surface area contributed by atoms with Gasteiger partial charge >= 0.3 is 0 Å². The quantitative estimate of drug-likeness (QED) is 0.688. The molecule has 0 aliphatic carbocycles. The lowest BCUT2D eigenvalue weighted by Gasteiger charge is -2.32. The molecule has 2 aromatic rings. The number of methoxy groups -OCH3 is 1. The molecule has 0 saturated carbocycles. The highest BCUT2D eigenvalue weighted by Crippen LogP contribution is 2.37. The number of nitrogens with zero attached hydrogens (tertiary/aromatic N) is 2. The summed E-state index contributed by atoms with van der Waals surface area (Å²) in [4.78, 5) is 30.5. The van der Waals surface area contributed by atoms with Crippen LogP contribution in [0.3, 0.4) is 0 Å². The fraction of sp³-hybridized carbons (Fsp3) is 0.360. The summed E-state index contributed by atoms with van der Waals surface area (Å²) in [6.07, 6.45) is 2.68. The lowest BCUT2D eigenvalue weighted by atomic mass is 9.97. The van der Waals surface area contributed by atoms with E-state index in [0.29, 0.717) is 41.5 Å². The minimum atomic E-state index is -0.228. The molecule has 0 spiro atoms. The first kappa shape index (κ1) is 20.2. The molecule has 2 aliphatic heterocycles. The van der Waals surface area contributed by atoms with Gasteiger partial charge in [-0.2, -0.15) is 0 Å². The number of ether oxygens (including phenoxy) is 1. The van der Waals surface area contributed by atoms with Crippen molar-refractivity contribution in [3.8, 4) is 5.75 Å². The van der Waals surface area contributed by atoms with Gasteiger partial charge in [0.05, 0.1) is 12.7 Å². The Bertz CT molecular complexity index is 959. The molecule has 0 unspecified atom stereocenters. The predicted octanol–water partition coefficient (Wildman–Crippen LogP) is 3.75. The summed E-state index contributed by atoms with van der Waals surface area (Å²) in [6.45, 7) is 4.19. The third kappa shape index (κ3) is 3.84. The molecule has 0 radical (unpaired) electrons. The zero-order valence-electron chi connectivity index (χ0n) is 17.6. The molecule has 0 N–H and O–H groups in total. The molecule has 2 heterocycles. The fourth-order valence-electron chi connectivity index (χ4n) is 4.27. The van der Waals surface area contributed by atoms with Gasteiger partial charge in [-0.3, -0.25) is 14.5 Å². The Balaban J connectivity index is 1.69. The van der Waals surface area contributed by atoms with E-state index in [-0.39, 0.29) is 11.8 Å². The summed E-state index contributed by atoms with van der Waals surface area (Å²) in [6, 6.07) is 17.4. The minimum Gasteiger partial charge on any atom is -0.496 e. The molecule has 2 amide bonds. The third-order valence-electron chi connectivity index (χ3n) is 6.09. The lowest BCUT2D eigenvalue weighted by molar-refractivity contribution is -0.137. The normalized spacial score (nSPS) is 17.8. The highest BCUT2D eigenvalue weighted by Gasteiger charge is 2.42. The van der Waals surface area contributed by atoms with E-state index in [1.807, 2.05) is 54.6 Å². The van der Waals surface area contributed by atoms with Crippen LogP contribution in [0.25, 0.3) is 5.57 Å². The summed E-state index contributed by atoms with van der Waals surface area (Å²) in [5.41, 5.74) is 2.80. The van der Waals surface area contributed by atoms with Crippen molar-refractivity contribution in [2.45, 2.75) is 26.2 Å². The molecule has 1 saturated heterocycles. The average molecular weight is 405 g/mol. The SMILES string of the molecule is COc1ccccc1C1=C(N2CCC(C)CC2)C(=O)N(CCc2ccccc2)C1=O. The van der Waals surface area contributed by atoms with E-state index in [4.69, 9.17) is 4.74 Å². The molecule has 5 heteroatoms. The number of para-hydroxylation sites is 1. The van der Waals surface area contributed by atoms with Crippen LogP contribution in [0.4, 0.5) is 0 Å². The van der Waals surface area contributed by atoms with E-state index < -0.39 is 0 Å². The Morgan fingerprint density at radius 1 is 0.933 bits per heavy atom. The second kappa shape index (κ2) is 8.74. The maximum atomic E-state index is 13.5. The second-order valence-corrected chi connectivity index (χ2v) is 8.09. The van der Waals surface area contributed by atoms with Gasteiger partial charge in [0.1, 0.15) is 11.4 Å². The van der Waals surface area contributed by atoms with Crippen LogP contribution in [0.2, 0.25) is 0 Å². The Kier molecular flexibility index (Phi) is 5.88. The van der Waals surface area contributed by atoms with E-state index in [0.717, 1.165) is 31.5 Å². The summed E-state index contributed by atoms with van der Waals surface area (Å²) in [5.74, 6) is 0.833. The van der Waals surface area contributed by atoms with Gasteiger partial charge in [-0.05, 0) is 36.8 Å². The minimum absolute atomic E-state index is 0.189. The molecule has 2 aliphatic rings. The standard InChI is InChI=1S/C25H28N2O3/c1-18-12-15-26(16-13-18)23-22(20-10-6-7-11-21(20)30-2)24(28)27(25(23)29)17-14-19-8-4-3-5-9-19/h3-11,18H,12-17H2,1-2H3. The van der Waals surface area contributed by atoms with Crippen molar-refractivity contribution in [1.29, 1.82) is 0 Å². The number of likely N-dealkylation sites (tertiary alicyclic amines) is 1. The molecule has 156 valence electrons. The van der Waals surface area contributed by atoms with Gasteiger partial charge in [0.15, 0.2) is 0 Å². The molecular weight excluding hydrogens is 376 g/mol. The van der Waals surface area contributed by atoms with Crippen molar-refractivity contribution in [3.63, 3.8) is 0 Å². The Morgan fingerprint density at radius 2 is 1.60 bits per heavy atom.